The number of carbonyl (C=O) groups is 2. The molecule has 0 saturated heterocycles. The Labute approximate surface area is 104 Å². The number of rotatable bonds is 6. The van der Waals surface area contributed by atoms with Gasteiger partial charge in [0, 0.05) is 25.9 Å². The van der Waals surface area contributed by atoms with E-state index in [0.29, 0.717) is 37.0 Å². The van der Waals surface area contributed by atoms with Gasteiger partial charge < -0.3 is 5.73 Å². The molecule has 0 aromatic carbocycles. The molecule has 1 fully saturated rings. The molecular formula is C13H24N2O2. The van der Waals surface area contributed by atoms with Crippen molar-refractivity contribution in [1.29, 1.82) is 0 Å². The minimum Gasteiger partial charge on any atom is -0.369 e. The van der Waals surface area contributed by atoms with E-state index in [4.69, 9.17) is 5.73 Å². The highest BCUT2D eigenvalue weighted by molar-refractivity contribution is 5.79. The van der Waals surface area contributed by atoms with Gasteiger partial charge in [-0.15, -0.1) is 0 Å². The molecule has 98 valence electrons. The number of nitrogens with two attached hydrogens (primary N) is 1. The number of hydrogen-bond acceptors (Lipinski definition) is 3. The molecule has 17 heavy (non-hydrogen) atoms. The molecule has 1 aliphatic rings. The predicted molar refractivity (Wildman–Crippen MR) is 67.4 cm³/mol. The van der Waals surface area contributed by atoms with E-state index in [-0.39, 0.29) is 5.91 Å². The molecule has 4 heteroatoms. The van der Waals surface area contributed by atoms with E-state index in [2.05, 4.69) is 18.7 Å². The molecular weight excluding hydrogens is 216 g/mol. The first-order valence-electron chi connectivity index (χ1n) is 6.49. The summed E-state index contributed by atoms with van der Waals surface area (Å²) in [6, 6.07) is 0. The molecule has 0 spiro atoms. The molecule has 0 aliphatic heterocycles. The molecule has 0 bridgehead atoms. The number of nitrogens with zero attached hydrogens (tertiary/aromatic N) is 1. The van der Waals surface area contributed by atoms with Crippen LogP contribution in [0.25, 0.3) is 0 Å². The lowest BCUT2D eigenvalue weighted by Crippen LogP contribution is -2.40. The van der Waals surface area contributed by atoms with Gasteiger partial charge in [0.05, 0.1) is 6.54 Å². The number of carbonyl (C=O) groups excluding carboxylic acids is 2. The number of amides is 1. The fourth-order valence-electron chi connectivity index (χ4n) is 2.49. The van der Waals surface area contributed by atoms with Gasteiger partial charge in [-0.3, -0.25) is 14.5 Å². The average Bonchev–Trinajstić information content (AvgIpc) is 2.19. The van der Waals surface area contributed by atoms with Crippen molar-refractivity contribution in [2.24, 2.45) is 17.6 Å². The van der Waals surface area contributed by atoms with Crippen molar-refractivity contribution in [3.8, 4) is 0 Å². The number of Topliss-reactive ketones (excluding diaryl/α,β-unsaturated/α-hetero) is 1. The predicted octanol–water partition coefficient (Wildman–Crippen LogP) is 1.19. The van der Waals surface area contributed by atoms with Gasteiger partial charge >= 0.3 is 0 Å². The summed E-state index contributed by atoms with van der Waals surface area (Å²) in [6.07, 6.45) is 3.34. The smallest absolute Gasteiger partial charge is 0.231 e. The molecule has 0 heterocycles. The van der Waals surface area contributed by atoms with E-state index in [1.54, 1.807) is 0 Å². The summed E-state index contributed by atoms with van der Waals surface area (Å²) in [4.78, 5) is 24.3. The Morgan fingerprint density at radius 2 is 2.00 bits per heavy atom. The van der Waals surface area contributed by atoms with Crippen LogP contribution in [0, 0.1) is 11.8 Å². The Balaban J connectivity index is 2.41. The first-order chi connectivity index (χ1) is 7.97. The van der Waals surface area contributed by atoms with Crippen molar-refractivity contribution in [3.63, 3.8) is 0 Å². The second kappa shape index (κ2) is 6.74. The zero-order valence-electron chi connectivity index (χ0n) is 10.9. The highest BCUT2D eigenvalue weighted by atomic mass is 16.1. The normalized spacial score (nSPS) is 18.0. The Hall–Kier alpha value is -0.900. The number of hydrogen-bond donors (Lipinski definition) is 1. The van der Waals surface area contributed by atoms with Gasteiger partial charge in [0.15, 0.2) is 0 Å². The van der Waals surface area contributed by atoms with E-state index < -0.39 is 0 Å². The van der Waals surface area contributed by atoms with Crippen molar-refractivity contribution in [2.75, 3.05) is 19.6 Å². The quantitative estimate of drug-likeness (QED) is 0.758. The van der Waals surface area contributed by atoms with Gasteiger partial charge in [-0.2, -0.15) is 0 Å². The van der Waals surface area contributed by atoms with Crippen molar-refractivity contribution in [1.82, 2.24) is 4.90 Å². The third-order valence-electron chi connectivity index (χ3n) is 3.18. The Bertz CT molecular complexity index is 267. The molecule has 0 atom stereocenters. The van der Waals surface area contributed by atoms with E-state index in [9.17, 15) is 9.59 Å². The minimum absolute atomic E-state index is 0.266. The monoisotopic (exact) mass is 240 g/mol. The van der Waals surface area contributed by atoms with Gasteiger partial charge in [0.1, 0.15) is 5.78 Å². The SMILES string of the molecule is CC(C)CN(CC(N)=O)CC1CCC(=O)CC1. The number of primary amides is 1. The maximum Gasteiger partial charge on any atom is 0.231 e. The third-order valence-corrected chi connectivity index (χ3v) is 3.18. The largest absolute Gasteiger partial charge is 0.369 e. The van der Waals surface area contributed by atoms with Crippen LogP contribution in [0.3, 0.4) is 0 Å². The van der Waals surface area contributed by atoms with Crippen LogP contribution < -0.4 is 5.73 Å². The molecule has 1 saturated carbocycles. The van der Waals surface area contributed by atoms with E-state index in [1.807, 2.05) is 0 Å². The van der Waals surface area contributed by atoms with Crippen LogP contribution in [-0.4, -0.2) is 36.2 Å². The van der Waals surface area contributed by atoms with Gasteiger partial charge in [0.2, 0.25) is 5.91 Å². The van der Waals surface area contributed by atoms with Crippen LogP contribution >= 0.6 is 0 Å². The maximum atomic E-state index is 11.2. The third kappa shape index (κ3) is 5.82. The van der Waals surface area contributed by atoms with Crippen LogP contribution in [0.15, 0.2) is 0 Å². The van der Waals surface area contributed by atoms with Crippen molar-refractivity contribution < 1.29 is 9.59 Å². The van der Waals surface area contributed by atoms with Crippen LogP contribution in [0.5, 0.6) is 0 Å². The molecule has 1 amide bonds. The zero-order valence-corrected chi connectivity index (χ0v) is 10.9. The number of ketones is 1. The van der Waals surface area contributed by atoms with Gasteiger partial charge in [-0.1, -0.05) is 13.8 Å². The highest BCUT2D eigenvalue weighted by Crippen LogP contribution is 2.22. The maximum absolute atomic E-state index is 11.2. The molecule has 0 aromatic rings. The summed E-state index contributed by atoms with van der Waals surface area (Å²) in [5.41, 5.74) is 5.26. The lowest BCUT2D eigenvalue weighted by Gasteiger charge is -2.29. The van der Waals surface area contributed by atoms with E-state index >= 15 is 0 Å². The van der Waals surface area contributed by atoms with Crippen molar-refractivity contribution in [3.05, 3.63) is 0 Å². The van der Waals surface area contributed by atoms with E-state index in [1.165, 1.54) is 0 Å². The fourth-order valence-corrected chi connectivity index (χ4v) is 2.49. The first-order valence-corrected chi connectivity index (χ1v) is 6.49. The summed E-state index contributed by atoms with van der Waals surface area (Å²) < 4.78 is 0. The Morgan fingerprint density at radius 1 is 1.41 bits per heavy atom. The Kier molecular flexibility index (Phi) is 5.62. The molecule has 1 aliphatic carbocycles. The van der Waals surface area contributed by atoms with E-state index in [0.717, 1.165) is 25.9 Å². The topological polar surface area (TPSA) is 63.4 Å². The summed E-state index contributed by atoms with van der Waals surface area (Å²) >= 11 is 0. The zero-order chi connectivity index (χ0) is 12.8. The molecule has 0 unspecified atom stereocenters. The minimum atomic E-state index is -0.266. The summed E-state index contributed by atoms with van der Waals surface area (Å²) in [7, 11) is 0. The first kappa shape index (κ1) is 14.2. The summed E-state index contributed by atoms with van der Waals surface area (Å²) in [6.45, 7) is 6.40. The average molecular weight is 240 g/mol. The van der Waals surface area contributed by atoms with Crippen molar-refractivity contribution >= 4 is 11.7 Å². The lowest BCUT2D eigenvalue weighted by atomic mass is 9.88. The van der Waals surface area contributed by atoms with Crippen molar-refractivity contribution in [2.45, 2.75) is 39.5 Å². The molecule has 0 aromatic heterocycles. The van der Waals surface area contributed by atoms with Crippen LogP contribution in [0.4, 0.5) is 0 Å². The fraction of sp³-hybridized carbons (Fsp3) is 0.846. The van der Waals surface area contributed by atoms with Gasteiger partial charge in [-0.05, 0) is 24.7 Å². The van der Waals surface area contributed by atoms with Gasteiger partial charge in [-0.25, -0.2) is 0 Å². The molecule has 1 rings (SSSR count). The summed E-state index contributed by atoms with van der Waals surface area (Å²) in [5, 5.41) is 0. The summed E-state index contributed by atoms with van der Waals surface area (Å²) in [5.74, 6) is 1.19. The lowest BCUT2D eigenvalue weighted by molar-refractivity contribution is -0.122. The molecule has 2 N–H and O–H groups in total. The second-order valence-corrected chi connectivity index (χ2v) is 5.54. The van der Waals surface area contributed by atoms with Gasteiger partial charge in [0.25, 0.3) is 0 Å². The Morgan fingerprint density at radius 3 is 2.47 bits per heavy atom. The molecule has 0 radical (unpaired) electrons. The van der Waals surface area contributed by atoms with Crippen LogP contribution in [0.1, 0.15) is 39.5 Å². The second-order valence-electron chi connectivity index (χ2n) is 5.54. The highest BCUT2D eigenvalue weighted by Gasteiger charge is 2.22. The van der Waals surface area contributed by atoms with Crippen LogP contribution in [0.2, 0.25) is 0 Å². The molecule has 4 nitrogen and oxygen atoms in total. The standard InChI is InChI=1S/C13H24N2O2/c1-10(2)7-15(9-13(14)17)8-11-3-5-12(16)6-4-11/h10-11H,3-9H2,1-2H3,(H2,14,17). The van der Waals surface area contributed by atoms with Crippen LogP contribution in [-0.2, 0) is 9.59 Å².